The normalized spacial score (nSPS) is 17.0. The summed E-state index contributed by atoms with van der Waals surface area (Å²) >= 11 is 6.15. The minimum Gasteiger partial charge on any atom is -0.449 e. The number of carbonyl (C=O) groups excluding carboxylic acids is 1. The van der Waals surface area contributed by atoms with Crippen LogP contribution < -0.4 is 4.90 Å². The molecule has 1 saturated heterocycles. The van der Waals surface area contributed by atoms with Gasteiger partial charge in [0.2, 0.25) is 0 Å². The van der Waals surface area contributed by atoms with Gasteiger partial charge in [-0.2, -0.15) is 13.2 Å². The van der Waals surface area contributed by atoms with Gasteiger partial charge in [0.15, 0.2) is 5.60 Å². The van der Waals surface area contributed by atoms with Crippen LogP contribution in [0.3, 0.4) is 0 Å². The highest BCUT2D eigenvalue weighted by Gasteiger charge is 2.49. The molecular formula is C25H19ClF3N5O2. The molecule has 3 aromatic heterocycles. The number of halogens is 4. The zero-order valence-corrected chi connectivity index (χ0v) is 19.7. The number of aryl methyl sites for hydroxylation is 1. The van der Waals surface area contributed by atoms with E-state index in [2.05, 4.69) is 24.8 Å². The first-order valence-corrected chi connectivity index (χ1v) is 11.7. The van der Waals surface area contributed by atoms with Crippen molar-refractivity contribution in [2.45, 2.75) is 31.5 Å². The number of esters is 1. The van der Waals surface area contributed by atoms with Crippen LogP contribution in [0.5, 0.6) is 0 Å². The fraction of sp³-hybridized carbons (Fsp3) is 0.280. The molecule has 0 unspecified atom stereocenters. The van der Waals surface area contributed by atoms with Gasteiger partial charge in [0.1, 0.15) is 11.6 Å². The summed E-state index contributed by atoms with van der Waals surface area (Å²) in [7, 11) is 0. The Kier molecular flexibility index (Phi) is 5.01. The number of aromatic nitrogens is 4. The highest BCUT2D eigenvalue weighted by molar-refractivity contribution is 6.31. The second-order valence-electron chi connectivity index (χ2n) is 9.04. The van der Waals surface area contributed by atoms with Gasteiger partial charge in [0, 0.05) is 37.7 Å². The molecule has 184 valence electrons. The average molecular weight is 514 g/mol. The summed E-state index contributed by atoms with van der Waals surface area (Å²) in [4.78, 5) is 31.0. The molecule has 6 rings (SSSR count). The number of H-pyrrole nitrogens is 1. The molecule has 0 radical (unpaired) electrons. The number of imidazole rings is 1. The third kappa shape index (κ3) is 3.67. The summed E-state index contributed by atoms with van der Waals surface area (Å²) < 4.78 is 44.8. The van der Waals surface area contributed by atoms with Crippen molar-refractivity contribution in [1.29, 1.82) is 0 Å². The molecule has 0 amide bonds. The molecule has 0 aliphatic carbocycles. The van der Waals surface area contributed by atoms with Crippen LogP contribution in [0.25, 0.3) is 22.4 Å². The quantitative estimate of drug-likeness (QED) is 0.348. The standard InChI is InChI=1S/C25H19ClF3N5O2/c1-13-17(26)11-16-21(31-13)24(36-23(16)35)6-8-34(9-7-24)20-5-2-14(12-30-20)22-32-18-4-3-15(25(27,28)29)10-19(18)33-22/h2-5,10-12H,6-9H2,1H3,(H,32,33). The molecule has 2 aliphatic heterocycles. The highest BCUT2D eigenvalue weighted by atomic mass is 35.5. The molecule has 1 spiro atoms. The zero-order chi connectivity index (χ0) is 25.2. The highest BCUT2D eigenvalue weighted by Crippen LogP contribution is 2.44. The van der Waals surface area contributed by atoms with E-state index in [1.54, 1.807) is 19.2 Å². The topological polar surface area (TPSA) is 84.0 Å². The van der Waals surface area contributed by atoms with Crippen molar-refractivity contribution in [3.05, 3.63) is 70.1 Å². The Morgan fingerprint density at radius 1 is 1.11 bits per heavy atom. The molecule has 11 heteroatoms. The summed E-state index contributed by atoms with van der Waals surface area (Å²) in [6, 6.07) is 8.73. The molecule has 7 nitrogen and oxygen atoms in total. The number of pyridine rings is 2. The van der Waals surface area contributed by atoms with Crippen LogP contribution >= 0.6 is 11.6 Å². The van der Waals surface area contributed by atoms with Gasteiger partial charge < -0.3 is 14.6 Å². The van der Waals surface area contributed by atoms with Crippen molar-refractivity contribution in [2.24, 2.45) is 0 Å². The van der Waals surface area contributed by atoms with Gasteiger partial charge in [-0.15, -0.1) is 0 Å². The van der Waals surface area contributed by atoms with Crippen LogP contribution in [0.15, 0.2) is 42.6 Å². The number of hydrogen-bond donors (Lipinski definition) is 1. The third-order valence-electron chi connectivity index (χ3n) is 6.82. The van der Waals surface area contributed by atoms with E-state index in [4.69, 9.17) is 16.3 Å². The predicted octanol–water partition coefficient (Wildman–Crippen LogP) is 5.67. The number of piperidine rings is 1. The maximum atomic E-state index is 13.0. The lowest BCUT2D eigenvalue weighted by molar-refractivity contribution is -0.137. The number of rotatable bonds is 2. The Morgan fingerprint density at radius 2 is 1.89 bits per heavy atom. The molecule has 1 N–H and O–H groups in total. The maximum Gasteiger partial charge on any atom is 0.416 e. The molecule has 36 heavy (non-hydrogen) atoms. The summed E-state index contributed by atoms with van der Waals surface area (Å²) in [5.41, 5.74) is 1.64. The van der Waals surface area contributed by atoms with Gasteiger partial charge in [-0.3, -0.25) is 4.98 Å². The van der Waals surface area contributed by atoms with Crippen molar-refractivity contribution in [1.82, 2.24) is 19.9 Å². The minimum absolute atomic E-state index is 0.238. The number of benzene rings is 1. The summed E-state index contributed by atoms with van der Waals surface area (Å²) in [6.07, 6.45) is -1.66. The number of nitrogens with zero attached hydrogens (tertiary/aromatic N) is 4. The summed E-state index contributed by atoms with van der Waals surface area (Å²) in [5, 5.41) is 0.440. The fourth-order valence-corrected chi connectivity index (χ4v) is 4.98. The first-order valence-electron chi connectivity index (χ1n) is 11.3. The average Bonchev–Trinajstić information content (AvgIpc) is 3.39. The van der Waals surface area contributed by atoms with Crippen LogP contribution in [0, 0.1) is 6.92 Å². The largest absolute Gasteiger partial charge is 0.449 e. The van der Waals surface area contributed by atoms with Crippen LogP contribution in [-0.4, -0.2) is 39.0 Å². The number of fused-ring (bicyclic) bond motifs is 3. The number of carbonyl (C=O) groups is 1. The third-order valence-corrected chi connectivity index (χ3v) is 7.20. The van der Waals surface area contributed by atoms with E-state index in [1.807, 2.05) is 12.1 Å². The van der Waals surface area contributed by atoms with Crippen molar-refractivity contribution < 1.29 is 22.7 Å². The Bertz CT molecular complexity index is 1510. The van der Waals surface area contributed by atoms with Gasteiger partial charge in [-0.05, 0) is 43.3 Å². The smallest absolute Gasteiger partial charge is 0.416 e. The van der Waals surface area contributed by atoms with Gasteiger partial charge >= 0.3 is 12.1 Å². The molecule has 0 saturated carbocycles. The number of anilines is 1. The lowest BCUT2D eigenvalue weighted by atomic mass is 9.87. The fourth-order valence-electron chi connectivity index (χ4n) is 4.83. The number of aromatic amines is 1. The SMILES string of the molecule is Cc1nc2c(cc1Cl)C(=O)OC21CCN(c2ccc(-c3nc4cc(C(F)(F)F)ccc4[nH]3)cn2)CC1. The maximum absolute atomic E-state index is 13.0. The van der Waals surface area contributed by atoms with Gasteiger partial charge in [0.05, 0.1) is 38.6 Å². The first kappa shape index (κ1) is 22.8. The van der Waals surface area contributed by atoms with E-state index in [9.17, 15) is 18.0 Å². The number of hydrogen-bond acceptors (Lipinski definition) is 6. The van der Waals surface area contributed by atoms with Gasteiger partial charge in [0.25, 0.3) is 0 Å². The van der Waals surface area contributed by atoms with Gasteiger partial charge in [-0.25, -0.2) is 14.8 Å². The molecule has 4 aromatic rings. The van der Waals surface area contributed by atoms with Crippen LogP contribution in [0.4, 0.5) is 19.0 Å². The van der Waals surface area contributed by atoms with Crippen molar-refractivity contribution in [3.8, 4) is 11.4 Å². The molecule has 1 aromatic carbocycles. The lowest BCUT2D eigenvalue weighted by Gasteiger charge is -2.38. The summed E-state index contributed by atoms with van der Waals surface area (Å²) in [6.45, 7) is 3.01. The lowest BCUT2D eigenvalue weighted by Crippen LogP contribution is -2.43. The Hall–Kier alpha value is -3.66. The molecule has 2 aliphatic rings. The minimum atomic E-state index is -4.43. The molecule has 0 bridgehead atoms. The Labute approximate surface area is 208 Å². The second kappa shape index (κ2) is 7.92. The molecular weight excluding hydrogens is 495 g/mol. The number of nitrogens with one attached hydrogen (secondary N) is 1. The molecule has 5 heterocycles. The zero-order valence-electron chi connectivity index (χ0n) is 19.0. The van der Waals surface area contributed by atoms with Crippen LogP contribution in [0.2, 0.25) is 5.02 Å². The van der Waals surface area contributed by atoms with Crippen LogP contribution in [-0.2, 0) is 16.5 Å². The van der Waals surface area contributed by atoms with Crippen molar-refractivity contribution in [2.75, 3.05) is 18.0 Å². The predicted molar refractivity (Wildman–Crippen MR) is 127 cm³/mol. The van der Waals surface area contributed by atoms with Crippen LogP contribution in [0.1, 0.15) is 40.2 Å². The van der Waals surface area contributed by atoms with E-state index in [1.165, 1.54) is 6.07 Å². The second-order valence-corrected chi connectivity index (χ2v) is 9.45. The van der Waals surface area contributed by atoms with Gasteiger partial charge in [-0.1, -0.05) is 11.6 Å². The monoisotopic (exact) mass is 513 g/mol. The number of alkyl halides is 3. The van der Waals surface area contributed by atoms with E-state index in [0.717, 1.165) is 18.0 Å². The molecule has 0 atom stereocenters. The Balaban J connectivity index is 1.20. The molecule has 1 fully saturated rings. The first-order chi connectivity index (χ1) is 17.1. The Morgan fingerprint density at radius 3 is 2.58 bits per heavy atom. The van der Waals surface area contributed by atoms with Crippen molar-refractivity contribution >= 4 is 34.4 Å². The van der Waals surface area contributed by atoms with E-state index >= 15 is 0 Å². The van der Waals surface area contributed by atoms with E-state index < -0.39 is 23.3 Å². The summed E-state index contributed by atoms with van der Waals surface area (Å²) in [5.74, 6) is 0.785. The van der Waals surface area contributed by atoms with E-state index in [0.29, 0.717) is 64.8 Å². The van der Waals surface area contributed by atoms with E-state index in [-0.39, 0.29) is 5.52 Å². The van der Waals surface area contributed by atoms with Crippen molar-refractivity contribution in [3.63, 3.8) is 0 Å². The number of ether oxygens (including phenoxy) is 1.